The van der Waals surface area contributed by atoms with E-state index in [0.29, 0.717) is 6.04 Å². The molecule has 1 aromatic heterocycles. The third kappa shape index (κ3) is 2.85. The molecule has 2 aromatic rings. The third-order valence-electron chi connectivity index (χ3n) is 4.12. The van der Waals surface area contributed by atoms with Crippen LogP contribution in [-0.4, -0.2) is 25.2 Å². The summed E-state index contributed by atoms with van der Waals surface area (Å²) in [4.78, 5) is 0. The zero-order valence-electron chi connectivity index (χ0n) is 11.6. The minimum absolute atomic E-state index is 0.150. The number of aliphatic hydroxyl groups excluding tert-OH is 1. The van der Waals surface area contributed by atoms with Gasteiger partial charge in [0.05, 0.1) is 12.0 Å². The van der Waals surface area contributed by atoms with Crippen molar-refractivity contribution in [3.8, 4) is 0 Å². The van der Waals surface area contributed by atoms with E-state index in [2.05, 4.69) is 53.2 Å². The van der Waals surface area contributed by atoms with Gasteiger partial charge in [-0.05, 0) is 5.56 Å². The number of hydrogen-bond donors (Lipinski definition) is 4. The second-order valence-corrected chi connectivity index (χ2v) is 6.26. The molecule has 0 saturated heterocycles. The summed E-state index contributed by atoms with van der Waals surface area (Å²) in [5.74, 6) is 0.150. The van der Waals surface area contributed by atoms with E-state index in [4.69, 9.17) is 18.6 Å². The number of fused-ring (bicyclic) bond motifs is 1. The number of pyridine rings is 1. The Morgan fingerprint density at radius 3 is 2.27 bits per heavy atom. The summed E-state index contributed by atoms with van der Waals surface area (Å²) in [5, 5.41) is 10.3. The molecule has 118 valence electrons. The number of benzene rings is 1. The molecule has 0 fully saturated rings. The van der Waals surface area contributed by atoms with E-state index in [9.17, 15) is 5.11 Å². The van der Waals surface area contributed by atoms with Gasteiger partial charge in [-0.2, -0.15) is 4.57 Å². The van der Waals surface area contributed by atoms with Crippen molar-refractivity contribution in [1.29, 1.82) is 0 Å². The van der Waals surface area contributed by atoms with Crippen molar-refractivity contribution in [3.05, 3.63) is 65.5 Å². The van der Waals surface area contributed by atoms with Gasteiger partial charge in [-0.25, -0.2) is 0 Å². The average Bonchev–Trinajstić information content (AvgIpc) is 2.46. The Hall–Kier alpha value is -1.54. The van der Waals surface area contributed by atoms with Crippen LogP contribution in [0.1, 0.15) is 35.2 Å². The molecule has 22 heavy (non-hydrogen) atoms. The molecule has 0 saturated carbocycles. The maximum absolute atomic E-state index is 10.3. The van der Waals surface area contributed by atoms with Crippen molar-refractivity contribution >= 4 is 0 Å². The number of aromatic nitrogens is 1. The summed E-state index contributed by atoms with van der Waals surface area (Å²) in [5.41, 5.74) is 3.93. The van der Waals surface area contributed by atoms with Crippen LogP contribution < -0.4 is 9.23 Å². The fraction of sp³-hybridized carbons (Fsp3) is 0.267. The molecule has 0 amide bonds. The predicted molar refractivity (Wildman–Crippen MR) is 70.3 cm³/mol. The molecule has 3 unspecified atom stereocenters. The Labute approximate surface area is 129 Å². The van der Waals surface area contributed by atoms with Crippen LogP contribution in [0.4, 0.5) is 0 Å². The second kappa shape index (κ2) is 5.58. The van der Waals surface area contributed by atoms with Gasteiger partial charge in [0.15, 0.2) is 17.9 Å². The van der Waals surface area contributed by atoms with Crippen LogP contribution in [0.3, 0.4) is 0 Å². The first-order valence-electron chi connectivity index (χ1n) is 6.79. The Balaban J connectivity index is 0.000000254. The molecule has 2 aliphatic heterocycles. The molecule has 1 aliphatic carbocycles. The first-order valence-corrected chi connectivity index (χ1v) is 8.11. The van der Waals surface area contributed by atoms with E-state index in [1.807, 2.05) is 0 Å². The number of rotatable bonds is 0. The van der Waals surface area contributed by atoms with Gasteiger partial charge in [0, 0.05) is 24.1 Å². The molecule has 3 atom stereocenters. The predicted octanol–water partition coefficient (Wildman–Crippen LogP) is -1.09. The number of hydrogen-bond acceptors (Lipinski definition) is 5. The summed E-state index contributed by atoms with van der Waals surface area (Å²) in [7, 11) is -4.19. The van der Waals surface area contributed by atoms with E-state index in [-0.39, 0.29) is 12.0 Å². The van der Waals surface area contributed by atoms with E-state index >= 15 is 0 Å². The number of halogens is 1. The van der Waals surface area contributed by atoms with E-state index in [1.165, 1.54) is 16.8 Å². The van der Waals surface area contributed by atoms with Crippen molar-refractivity contribution < 1.29 is 38.6 Å². The van der Waals surface area contributed by atoms with Crippen LogP contribution in [0.2, 0.25) is 0 Å². The fourth-order valence-electron chi connectivity index (χ4n) is 3.43. The van der Waals surface area contributed by atoms with Crippen LogP contribution in [-0.2, 0) is 0 Å². The van der Waals surface area contributed by atoms with Gasteiger partial charge in [0.25, 0.3) is 0 Å². The van der Waals surface area contributed by atoms with Crippen molar-refractivity contribution in [2.75, 3.05) is 0 Å². The zero-order valence-corrected chi connectivity index (χ0v) is 12.3. The minimum atomic E-state index is -4.19. The summed E-state index contributed by atoms with van der Waals surface area (Å²) in [6.07, 6.45) is 2.73. The Morgan fingerprint density at radius 1 is 1.00 bits per heavy atom. The van der Waals surface area contributed by atoms with Gasteiger partial charge in [-0.1, -0.05) is 30.3 Å². The van der Waals surface area contributed by atoms with Gasteiger partial charge in [0.2, 0.25) is 0 Å². The molecule has 0 spiro atoms. The molecule has 2 bridgehead atoms. The van der Waals surface area contributed by atoms with Crippen molar-refractivity contribution in [2.45, 2.75) is 24.5 Å². The monoisotopic (exact) mass is 326 g/mol. The van der Waals surface area contributed by atoms with E-state index in [1.54, 1.807) is 0 Å². The number of aliphatic hydroxyl groups is 1. The molecule has 5 rings (SSSR count). The van der Waals surface area contributed by atoms with Crippen molar-refractivity contribution in [2.24, 2.45) is 0 Å². The van der Waals surface area contributed by atoms with Gasteiger partial charge in [-0.3, -0.25) is 0 Å². The standard InChI is InChI=1S/C15H14NO.ClH3O4/c17-14-9-13-10-5-1-2-6-11(10)15(14)12-7-3-4-8-16(12)13;2-1(3,4)5/h1-8,13-15,17H,9H2;2-4H/q+1;. The van der Waals surface area contributed by atoms with Crippen molar-refractivity contribution in [3.63, 3.8) is 0 Å². The van der Waals surface area contributed by atoms with E-state index in [0.717, 1.165) is 6.42 Å². The maximum atomic E-state index is 10.3. The van der Waals surface area contributed by atoms with Gasteiger partial charge in [0.1, 0.15) is 0 Å². The molecular weight excluding hydrogens is 310 g/mol. The second-order valence-electron chi connectivity index (χ2n) is 5.39. The van der Waals surface area contributed by atoms with Gasteiger partial charge < -0.3 is 5.11 Å². The van der Waals surface area contributed by atoms with Crippen LogP contribution in [0.15, 0.2) is 48.7 Å². The summed E-state index contributed by atoms with van der Waals surface area (Å²) in [6.45, 7) is 0. The quantitative estimate of drug-likeness (QED) is 0.460. The summed E-state index contributed by atoms with van der Waals surface area (Å²) in [6, 6.07) is 15.1. The first-order chi connectivity index (χ1) is 10.4. The first kappa shape index (κ1) is 15.4. The molecule has 4 N–H and O–H groups in total. The molecule has 6 nitrogen and oxygen atoms in total. The Morgan fingerprint density at radius 2 is 1.59 bits per heavy atom. The Bertz CT molecular complexity index is 634. The van der Waals surface area contributed by atoms with Crippen LogP contribution in [0.25, 0.3) is 0 Å². The van der Waals surface area contributed by atoms with Gasteiger partial charge >= 0.3 is 28.9 Å². The zero-order chi connectivity index (χ0) is 15.9. The van der Waals surface area contributed by atoms with Crippen molar-refractivity contribution in [1.82, 2.24) is 0 Å². The number of nitrogens with zero attached hydrogens (tertiary/aromatic N) is 1. The van der Waals surface area contributed by atoms with Crippen LogP contribution in [0.5, 0.6) is 0 Å². The SMILES string of the molecule is OC1CC2c3ccccc3C1c1cccc[n+]12.[O-][Cl+](O)(O)O. The van der Waals surface area contributed by atoms with E-state index < -0.39 is 10.2 Å². The molecule has 3 heterocycles. The molecule has 7 heteroatoms. The van der Waals surface area contributed by atoms with Crippen LogP contribution in [0, 0.1) is 10.2 Å². The fourth-order valence-corrected chi connectivity index (χ4v) is 3.43. The third-order valence-corrected chi connectivity index (χ3v) is 4.12. The molecule has 3 aliphatic rings. The van der Waals surface area contributed by atoms with Crippen LogP contribution >= 0.6 is 0 Å². The summed E-state index contributed by atoms with van der Waals surface area (Å²) < 4.78 is 32.5. The Kier molecular flexibility index (Phi) is 3.90. The topological polar surface area (TPSA) is 108 Å². The van der Waals surface area contributed by atoms with Gasteiger partial charge in [-0.15, -0.1) is 0 Å². The molecular formula is C15H17ClNO5+. The molecule has 1 aromatic carbocycles. The molecule has 0 radical (unpaired) electrons. The average molecular weight is 327 g/mol. The normalized spacial score (nSPS) is 25.6. The summed E-state index contributed by atoms with van der Waals surface area (Å²) >= 11 is 0.